The minimum absolute atomic E-state index is 0. The van der Waals surface area contributed by atoms with Gasteiger partial charge < -0.3 is 9.64 Å². The normalized spacial score (nSPS) is 14.9. The number of amides is 1. The van der Waals surface area contributed by atoms with Gasteiger partial charge in [0.2, 0.25) is 0 Å². The Morgan fingerprint density at radius 3 is 2.29 bits per heavy atom. The van der Waals surface area contributed by atoms with E-state index in [2.05, 4.69) is 0 Å². The van der Waals surface area contributed by atoms with Crippen LogP contribution in [0.5, 0.6) is 0 Å². The molecule has 1 aromatic carbocycles. The summed E-state index contributed by atoms with van der Waals surface area (Å²) in [5.41, 5.74) is 1.20. The summed E-state index contributed by atoms with van der Waals surface area (Å²) in [5, 5.41) is 0. The highest BCUT2D eigenvalue weighted by molar-refractivity contribution is 5.94. The van der Waals surface area contributed by atoms with Gasteiger partial charge in [-0.05, 0) is 12.1 Å². The van der Waals surface area contributed by atoms with Crippen LogP contribution in [0.25, 0.3) is 0 Å². The summed E-state index contributed by atoms with van der Waals surface area (Å²) in [6.07, 6.45) is 0.767. The first-order valence-corrected chi connectivity index (χ1v) is 5.23. The molecule has 1 fully saturated rings. The quantitative estimate of drug-likeness (QED) is 0.732. The molecule has 1 aliphatic rings. The van der Waals surface area contributed by atoms with Gasteiger partial charge in [-0.1, -0.05) is 19.6 Å². The van der Waals surface area contributed by atoms with Crippen molar-refractivity contribution in [2.75, 3.05) is 26.3 Å². The van der Waals surface area contributed by atoms with Gasteiger partial charge in [0.05, 0.1) is 13.2 Å². The minimum atomic E-state index is 0. The Labute approximate surface area is 101 Å². The molecule has 0 atom stereocenters. The van der Waals surface area contributed by atoms with E-state index in [1.54, 1.807) is 29.2 Å². The first-order chi connectivity index (χ1) is 7.81. The summed E-state index contributed by atoms with van der Waals surface area (Å²) >= 11 is 0. The molecule has 0 radical (unpaired) electrons. The third kappa shape index (κ3) is 3.14. The number of aldehydes is 1. The minimum Gasteiger partial charge on any atom is -0.378 e. The van der Waals surface area contributed by atoms with Crippen LogP contribution < -0.4 is 0 Å². The average Bonchev–Trinajstić information content (AvgIpc) is 2.39. The maximum absolute atomic E-state index is 12.0. The van der Waals surface area contributed by atoms with Crippen LogP contribution in [0.15, 0.2) is 24.3 Å². The lowest BCUT2D eigenvalue weighted by atomic mass is 10.1. The van der Waals surface area contributed by atoms with E-state index >= 15 is 0 Å². The molecule has 4 nitrogen and oxygen atoms in total. The number of hydrogen-bond acceptors (Lipinski definition) is 3. The Balaban J connectivity index is 0.00000144. The highest BCUT2D eigenvalue weighted by Crippen LogP contribution is 2.08. The molecule has 1 aliphatic heterocycles. The van der Waals surface area contributed by atoms with Crippen LogP contribution in [0.3, 0.4) is 0 Å². The molecular formula is C13H17NO3. The van der Waals surface area contributed by atoms with Crippen molar-refractivity contribution >= 4 is 12.2 Å². The van der Waals surface area contributed by atoms with Gasteiger partial charge in [-0.25, -0.2) is 0 Å². The van der Waals surface area contributed by atoms with E-state index in [9.17, 15) is 9.59 Å². The van der Waals surface area contributed by atoms with Gasteiger partial charge in [0.15, 0.2) is 0 Å². The van der Waals surface area contributed by atoms with Crippen LogP contribution in [0, 0.1) is 0 Å². The molecular weight excluding hydrogens is 218 g/mol. The zero-order valence-corrected chi connectivity index (χ0v) is 8.89. The van der Waals surface area contributed by atoms with Crippen molar-refractivity contribution in [3.05, 3.63) is 35.4 Å². The predicted molar refractivity (Wildman–Crippen MR) is 65.3 cm³/mol. The maximum Gasteiger partial charge on any atom is 0.254 e. The van der Waals surface area contributed by atoms with Crippen LogP contribution >= 0.6 is 0 Å². The molecule has 0 aromatic heterocycles. The van der Waals surface area contributed by atoms with Crippen molar-refractivity contribution in [2.24, 2.45) is 0 Å². The average molecular weight is 235 g/mol. The van der Waals surface area contributed by atoms with Crippen molar-refractivity contribution in [3.63, 3.8) is 0 Å². The molecule has 1 saturated heterocycles. The fraction of sp³-hybridized carbons (Fsp3) is 0.385. The van der Waals surface area contributed by atoms with Gasteiger partial charge in [0.25, 0.3) is 5.91 Å². The third-order valence-corrected chi connectivity index (χ3v) is 2.59. The highest BCUT2D eigenvalue weighted by atomic mass is 16.5. The Morgan fingerprint density at radius 1 is 1.18 bits per heavy atom. The Kier molecular flexibility index (Phi) is 4.84. The molecule has 1 aromatic rings. The lowest BCUT2D eigenvalue weighted by Gasteiger charge is -2.26. The molecule has 0 spiro atoms. The lowest BCUT2D eigenvalue weighted by Crippen LogP contribution is -2.40. The van der Waals surface area contributed by atoms with Gasteiger partial charge >= 0.3 is 0 Å². The first kappa shape index (κ1) is 13.4. The van der Waals surface area contributed by atoms with E-state index in [-0.39, 0.29) is 13.3 Å². The molecule has 0 unspecified atom stereocenters. The van der Waals surface area contributed by atoms with E-state index in [0.29, 0.717) is 37.4 Å². The number of hydrogen-bond donors (Lipinski definition) is 0. The van der Waals surface area contributed by atoms with Gasteiger partial charge in [0, 0.05) is 24.2 Å². The number of morpholine rings is 1. The number of benzene rings is 1. The molecule has 0 saturated carbocycles. The van der Waals surface area contributed by atoms with E-state index in [0.717, 1.165) is 6.29 Å². The van der Waals surface area contributed by atoms with E-state index < -0.39 is 0 Å². The molecule has 0 aliphatic carbocycles. The molecule has 0 bridgehead atoms. The maximum atomic E-state index is 12.0. The molecule has 2 rings (SSSR count). The smallest absolute Gasteiger partial charge is 0.254 e. The predicted octanol–water partition coefficient (Wildman–Crippen LogP) is 1.61. The lowest BCUT2D eigenvalue weighted by molar-refractivity contribution is 0.0303. The van der Waals surface area contributed by atoms with Gasteiger partial charge in [-0.3, -0.25) is 9.59 Å². The van der Waals surface area contributed by atoms with E-state index in [1.807, 2.05) is 0 Å². The number of ether oxygens (including phenoxy) is 1. The van der Waals surface area contributed by atoms with Crippen molar-refractivity contribution in [2.45, 2.75) is 7.43 Å². The molecule has 1 amide bonds. The van der Waals surface area contributed by atoms with E-state index in [1.165, 1.54) is 0 Å². The Bertz CT molecular complexity index is 380. The Hall–Kier alpha value is -1.68. The zero-order valence-electron chi connectivity index (χ0n) is 8.89. The van der Waals surface area contributed by atoms with Crippen molar-refractivity contribution < 1.29 is 14.3 Å². The van der Waals surface area contributed by atoms with Crippen LogP contribution in [-0.2, 0) is 4.74 Å². The Morgan fingerprint density at radius 2 is 1.76 bits per heavy atom. The van der Waals surface area contributed by atoms with Crippen LogP contribution in [-0.4, -0.2) is 43.4 Å². The second-order valence-electron chi connectivity index (χ2n) is 3.64. The SMILES string of the molecule is C.O=Cc1ccc(C(=O)N2CCOCC2)cc1. The van der Waals surface area contributed by atoms with Gasteiger partial charge in [0.1, 0.15) is 6.29 Å². The van der Waals surface area contributed by atoms with Crippen molar-refractivity contribution in [3.8, 4) is 0 Å². The van der Waals surface area contributed by atoms with Crippen LogP contribution in [0.1, 0.15) is 28.1 Å². The summed E-state index contributed by atoms with van der Waals surface area (Å²) in [5.74, 6) is 0.000693. The molecule has 1 heterocycles. The van der Waals surface area contributed by atoms with Crippen molar-refractivity contribution in [1.29, 1.82) is 0 Å². The number of nitrogens with zero attached hydrogens (tertiary/aromatic N) is 1. The molecule has 0 N–H and O–H groups in total. The van der Waals surface area contributed by atoms with Crippen LogP contribution in [0.4, 0.5) is 0 Å². The second kappa shape index (κ2) is 6.15. The fourth-order valence-corrected chi connectivity index (χ4v) is 1.65. The van der Waals surface area contributed by atoms with Crippen molar-refractivity contribution in [1.82, 2.24) is 4.90 Å². The van der Waals surface area contributed by atoms with E-state index in [4.69, 9.17) is 4.74 Å². The second-order valence-corrected chi connectivity index (χ2v) is 3.64. The monoisotopic (exact) mass is 235 g/mol. The molecule has 92 valence electrons. The number of rotatable bonds is 2. The molecule has 17 heavy (non-hydrogen) atoms. The fourth-order valence-electron chi connectivity index (χ4n) is 1.65. The van der Waals surface area contributed by atoms with Gasteiger partial charge in [-0.2, -0.15) is 0 Å². The molecule has 4 heteroatoms. The summed E-state index contributed by atoms with van der Waals surface area (Å²) in [4.78, 5) is 24.2. The zero-order chi connectivity index (χ0) is 11.4. The standard InChI is InChI=1S/C12H13NO3.CH4/c14-9-10-1-3-11(4-2-10)12(15)13-5-7-16-8-6-13;/h1-4,9H,5-8H2;1H4. The largest absolute Gasteiger partial charge is 0.378 e. The topological polar surface area (TPSA) is 46.6 Å². The number of carbonyl (C=O) groups is 2. The van der Waals surface area contributed by atoms with Crippen LogP contribution in [0.2, 0.25) is 0 Å². The first-order valence-electron chi connectivity index (χ1n) is 5.23. The summed E-state index contributed by atoms with van der Waals surface area (Å²) in [6, 6.07) is 6.67. The summed E-state index contributed by atoms with van der Waals surface area (Å²) in [7, 11) is 0. The van der Waals surface area contributed by atoms with Gasteiger partial charge in [-0.15, -0.1) is 0 Å². The number of carbonyl (C=O) groups excluding carboxylic acids is 2. The highest BCUT2D eigenvalue weighted by Gasteiger charge is 2.17. The summed E-state index contributed by atoms with van der Waals surface area (Å²) < 4.78 is 5.18. The summed E-state index contributed by atoms with van der Waals surface area (Å²) in [6.45, 7) is 2.46. The third-order valence-electron chi connectivity index (χ3n) is 2.59.